The number of allylic oxidation sites excluding steroid dienone is 4. The largest absolute Gasteiger partial charge is 0.224 e. The van der Waals surface area contributed by atoms with Gasteiger partial charge in [-0.15, -0.1) is 0 Å². The summed E-state index contributed by atoms with van der Waals surface area (Å²) in [6.07, 6.45) is 9.46. The maximum absolute atomic E-state index is 11.7. The molecule has 2 nitrogen and oxygen atoms in total. The topological polar surface area (TPSA) is 34.1 Å². The van der Waals surface area contributed by atoms with Crippen molar-refractivity contribution >= 4 is 21.0 Å². The molecule has 0 aromatic heterocycles. The van der Waals surface area contributed by atoms with Crippen LogP contribution in [0.25, 0.3) is 11.1 Å². The Hall–Kier alpha value is -2.13. The first-order valence-corrected chi connectivity index (χ1v) is 10.7. The second-order valence-corrected chi connectivity index (χ2v) is 9.21. The number of aryl methyl sites for hydroxylation is 1. The molecule has 2 aliphatic rings. The molecular formula is C22H22O2S. The molecule has 2 aromatic carbocycles. The highest BCUT2D eigenvalue weighted by atomic mass is 32.2. The van der Waals surface area contributed by atoms with Crippen LogP contribution in [0.1, 0.15) is 36.5 Å². The SMILES string of the molecule is CCc1ccc(C2=CC3(C=C2c2ccc(S(C)(=O)=O)cc2)CC3)cc1. The summed E-state index contributed by atoms with van der Waals surface area (Å²) >= 11 is 0. The highest BCUT2D eigenvalue weighted by molar-refractivity contribution is 7.90. The van der Waals surface area contributed by atoms with Gasteiger partial charge in [-0.25, -0.2) is 8.42 Å². The van der Waals surface area contributed by atoms with Gasteiger partial charge in [-0.1, -0.05) is 55.5 Å². The lowest BCUT2D eigenvalue weighted by Gasteiger charge is -2.11. The molecular weight excluding hydrogens is 328 g/mol. The Bertz CT molecular complexity index is 971. The van der Waals surface area contributed by atoms with Crippen LogP contribution >= 0.6 is 0 Å². The normalized spacial score (nSPS) is 18.2. The van der Waals surface area contributed by atoms with Crippen molar-refractivity contribution in [2.24, 2.45) is 5.41 Å². The van der Waals surface area contributed by atoms with Crippen molar-refractivity contribution in [1.82, 2.24) is 0 Å². The molecule has 3 heteroatoms. The average molecular weight is 350 g/mol. The molecule has 0 bridgehead atoms. The minimum Gasteiger partial charge on any atom is -0.224 e. The molecule has 25 heavy (non-hydrogen) atoms. The molecule has 0 aliphatic heterocycles. The third kappa shape index (κ3) is 3.09. The zero-order valence-corrected chi connectivity index (χ0v) is 15.4. The Kier molecular flexibility index (Phi) is 3.73. The zero-order chi connectivity index (χ0) is 17.7. The van der Waals surface area contributed by atoms with E-state index in [1.165, 1.54) is 41.4 Å². The van der Waals surface area contributed by atoms with Crippen molar-refractivity contribution in [3.05, 3.63) is 77.4 Å². The molecule has 4 rings (SSSR count). The molecule has 1 spiro atoms. The summed E-state index contributed by atoms with van der Waals surface area (Å²) in [6, 6.07) is 16.1. The van der Waals surface area contributed by atoms with Crippen molar-refractivity contribution in [1.29, 1.82) is 0 Å². The smallest absolute Gasteiger partial charge is 0.175 e. The van der Waals surface area contributed by atoms with E-state index in [4.69, 9.17) is 0 Å². The molecule has 0 saturated heterocycles. The van der Waals surface area contributed by atoms with E-state index in [1.54, 1.807) is 12.1 Å². The monoisotopic (exact) mass is 350 g/mol. The summed E-state index contributed by atoms with van der Waals surface area (Å²) in [5, 5.41) is 0. The van der Waals surface area contributed by atoms with Crippen LogP contribution < -0.4 is 0 Å². The van der Waals surface area contributed by atoms with Gasteiger partial charge in [-0.05, 0) is 59.2 Å². The van der Waals surface area contributed by atoms with Crippen LogP contribution in [0, 0.1) is 5.41 Å². The highest BCUT2D eigenvalue weighted by Crippen LogP contribution is 2.57. The molecule has 1 saturated carbocycles. The lowest BCUT2D eigenvalue weighted by molar-refractivity contribution is 0.602. The molecule has 1 fully saturated rings. The van der Waals surface area contributed by atoms with Gasteiger partial charge in [0, 0.05) is 11.7 Å². The molecule has 0 heterocycles. The zero-order valence-electron chi connectivity index (χ0n) is 14.6. The first-order chi connectivity index (χ1) is 11.9. The van der Waals surface area contributed by atoms with Gasteiger partial charge < -0.3 is 0 Å². The lowest BCUT2D eigenvalue weighted by atomic mass is 9.94. The van der Waals surface area contributed by atoms with Crippen molar-refractivity contribution in [2.45, 2.75) is 31.1 Å². The molecule has 0 atom stereocenters. The number of rotatable bonds is 4. The molecule has 2 aliphatic carbocycles. The number of benzene rings is 2. The van der Waals surface area contributed by atoms with Crippen LogP contribution in [0.5, 0.6) is 0 Å². The van der Waals surface area contributed by atoms with Gasteiger partial charge in [-0.2, -0.15) is 0 Å². The van der Waals surface area contributed by atoms with E-state index in [2.05, 4.69) is 43.3 Å². The van der Waals surface area contributed by atoms with E-state index in [1.807, 2.05) is 12.1 Å². The summed E-state index contributed by atoms with van der Waals surface area (Å²) in [4.78, 5) is 0.369. The van der Waals surface area contributed by atoms with Crippen LogP contribution in [0.15, 0.2) is 65.6 Å². The van der Waals surface area contributed by atoms with Crippen LogP contribution in [0.2, 0.25) is 0 Å². The van der Waals surface area contributed by atoms with E-state index in [0.29, 0.717) is 4.90 Å². The van der Waals surface area contributed by atoms with Gasteiger partial charge in [0.1, 0.15) is 0 Å². The molecule has 128 valence electrons. The van der Waals surface area contributed by atoms with Gasteiger partial charge in [0.25, 0.3) is 0 Å². The number of hydrogen-bond acceptors (Lipinski definition) is 2. The second-order valence-electron chi connectivity index (χ2n) is 7.20. The van der Waals surface area contributed by atoms with Crippen LogP contribution in [0.3, 0.4) is 0 Å². The van der Waals surface area contributed by atoms with Gasteiger partial charge in [0.05, 0.1) is 4.90 Å². The second kappa shape index (κ2) is 5.70. The van der Waals surface area contributed by atoms with Crippen LogP contribution in [-0.2, 0) is 16.3 Å². The first kappa shape index (κ1) is 16.3. The summed E-state index contributed by atoms with van der Waals surface area (Å²) in [5.74, 6) is 0. The molecule has 2 aromatic rings. The van der Waals surface area contributed by atoms with Crippen molar-refractivity contribution in [3.8, 4) is 0 Å². The van der Waals surface area contributed by atoms with Crippen LogP contribution in [0.4, 0.5) is 0 Å². The molecule has 0 unspecified atom stereocenters. The van der Waals surface area contributed by atoms with Gasteiger partial charge in [-0.3, -0.25) is 0 Å². The van der Waals surface area contributed by atoms with Crippen LogP contribution in [-0.4, -0.2) is 14.7 Å². The maximum atomic E-state index is 11.7. The fourth-order valence-electron chi connectivity index (χ4n) is 3.48. The third-order valence-corrected chi connectivity index (χ3v) is 6.38. The molecule has 0 radical (unpaired) electrons. The first-order valence-electron chi connectivity index (χ1n) is 8.76. The van der Waals surface area contributed by atoms with Gasteiger partial charge in [0.2, 0.25) is 0 Å². The summed E-state index contributed by atoms with van der Waals surface area (Å²) in [6.45, 7) is 2.16. The fourth-order valence-corrected chi connectivity index (χ4v) is 4.11. The summed E-state index contributed by atoms with van der Waals surface area (Å²) in [5.41, 5.74) is 6.38. The summed E-state index contributed by atoms with van der Waals surface area (Å²) in [7, 11) is -3.16. The van der Waals surface area contributed by atoms with Gasteiger partial charge >= 0.3 is 0 Å². The van der Waals surface area contributed by atoms with E-state index in [-0.39, 0.29) is 5.41 Å². The van der Waals surface area contributed by atoms with E-state index in [9.17, 15) is 8.42 Å². The standard InChI is InChI=1S/C22H22O2S/c1-3-16-4-6-17(7-5-16)20-14-22(12-13-22)15-21(20)18-8-10-19(11-9-18)25(2,23)24/h4-11,14-15H,3,12-13H2,1-2H3. The van der Waals surface area contributed by atoms with Crippen molar-refractivity contribution in [3.63, 3.8) is 0 Å². The number of hydrogen-bond donors (Lipinski definition) is 0. The predicted molar refractivity (Wildman–Crippen MR) is 103 cm³/mol. The average Bonchev–Trinajstić information content (AvgIpc) is 3.25. The Morgan fingerprint density at radius 2 is 1.32 bits per heavy atom. The quantitative estimate of drug-likeness (QED) is 0.785. The summed E-state index contributed by atoms with van der Waals surface area (Å²) < 4.78 is 23.4. The van der Waals surface area contributed by atoms with E-state index >= 15 is 0 Å². The molecule has 0 N–H and O–H groups in total. The lowest BCUT2D eigenvalue weighted by Crippen LogP contribution is -1.97. The Balaban J connectivity index is 1.73. The fraction of sp³-hybridized carbons (Fsp3) is 0.273. The highest BCUT2D eigenvalue weighted by Gasteiger charge is 2.43. The minimum atomic E-state index is -3.16. The Morgan fingerprint density at radius 1 is 0.840 bits per heavy atom. The third-order valence-electron chi connectivity index (χ3n) is 5.25. The number of sulfone groups is 1. The van der Waals surface area contributed by atoms with Gasteiger partial charge in [0.15, 0.2) is 9.84 Å². The predicted octanol–water partition coefficient (Wildman–Crippen LogP) is 4.91. The van der Waals surface area contributed by atoms with Crippen molar-refractivity contribution < 1.29 is 8.42 Å². The maximum Gasteiger partial charge on any atom is 0.175 e. The van der Waals surface area contributed by atoms with Crippen molar-refractivity contribution in [2.75, 3.05) is 6.26 Å². The minimum absolute atomic E-state index is 0.226. The van der Waals surface area contributed by atoms with E-state index < -0.39 is 9.84 Å². The molecule has 0 amide bonds. The Morgan fingerprint density at radius 3 is 1.72 bits per heavy atom. The Labute approximate surface area is 149 Å². The van der Waals surface area contributed by atoms with E-state index in [0.717, 1.165) is 12.0 Å².